The molecule has 0 saturated carbocycles. The van der Waals surface area contributed by atoms with Gasteiger partial charge >= 0.3 is 0 Å². The zero-order valence-electron chi connectivity index (χ0n) is 11.9. The summed E-state index contributed by atoms with van der Waals surface area (Å²) in [4.78, 5) is 16.3. The van der Waals surface area contributed by atoms with Gasteiger partial charge in [-0.25, -0.2) is 0 Å². The van der Waals surface area contributed by atoms with Crippen LogP contribution in [-0.2, 0) is 11.2 Å². The number of benzene rings is 1. The molecule has 5 heteroatoms. The Morgan fingerprint density at radius 3 is 2.65 bits per heavy atom. The van der Waals surface area contributed by atoms with Gasteiger partial charge in [0.05, 0.1) is 12.5 Å². The van der Waals surface area contributed by atoms with Crippen LogP contribution in [0.4, 0.5) is 0 Å². The summed E-state index contributed by atoms with van der Waals surface area (Å²) in [5, 5.41) is 9.82. The van der Waals surface area contributed by atoms with E-state index in [2.05, 4.69) is 20.8 Å². The van der Waals surface area contributed by atoms with Crippen molar-refractivity contribution in [2.75, 3.05) is 27.2 Å². The number of halogens is 1. The van der Waals surface area contributed by atoms with Crippen LogP contribution in [0.2, 0.25) is 0 Å². The summed E-state index contributed by atoms with van der Waals surface area (Å²) in [6.45, 7) is 1.25. The van der Waals surface area contributed by atoms with Crippen LogP contribution >= 0.6 is 15.9 Å². The number of carbonyl (C=O) groups is 1. The Morgan fingerprint density at radius 1 is 1.40 bits per heavy atom. The van der Waals surface area contributed by atoms with Crippen molar-refractivity contribution in [1.29, 1.82) is 0 Å². The van der Waals surface area contributed by atoms with Gasteiger partial charge in [-0.2, -0.15) is 0 Å². The predicted molar refractivity (Wildman–Crippen MR) is 82.5 cm³/mol. The van der Waals surface area contributed by atoms with E-state index in [1.807, 2.05) is 43.3 Å². The molecule has 1 amide bonds. The van der Waals surface area contributed by atoms with Gasteiger partial charge in [-0.3, -0.25) is 4.79 Å². The lowest BCUT2D eigenvalue weighted by Gasteiger charge is -2.27. The molecule has 1 aliphatic rings. The summed E-state index contributed by atoms with van der Waals surface area (Å²) in [6.07, 6.45) is 0.669. The molecule has 0 radical (unpaired) electrons. The largest absolute Gasteiger partial charge is 0.391 e. The molecule has 1 aliphatic heterocycles. The third-order valence-corrected chi connectivity index (χ3v) is 4.09. The molecule has 0 spiro atoms. The number of carbonyl (C=O) groups excluding carboxylic acids is 1. The first-order chi connectivity index (χ1) is 9.45. The smallest absolute Gasteiger partial charge is 0.227 e. The van der Waals surface area contributed by atoms with E-state index in [0.29, 0.717) is 19.4 Å². The molecule has 20 heavy (non-hydrogen) atoms. The van der Waals surface area contributed by atoms with E-state index in [-0.39, 0.29) is 11.9 Å². The van der Waals surface area contributed by atoms with Gasteiger partial charge in [0.25, 0.3) is 0 Å². The predicted octanol–water partition coefficient (Wildman–Crippen LogP) is 1.52. The molecule has 0 aromatic heterocycles. The molecule has 1 fully saturated rings. The van der Waals surface area contributed by atoms with Gasteiger partial charge < -0.3 is 14.9 Å². The first-order valence-electron chi connectivity index (χ1n) is 6.82. The Kier molecular flexibility index (Phi) is 5.18. The number of β-amino-alcohol motifs (C(OH)–C–C–N with tert-alkyl or cyclic N) is 1. The maximum absolute atomic E-state index is 12.4. The standard InChI is InChI=1S/C15H21BrN2O2/c1-17(2)9-13-8-14(19)10-18(13)15(20)7-11-3-5-12(16)6-4-11/h3-6,13-14,19H,7-10H2,1-2H3. The number of amides is 1. The summed E-state index contributed by atoms with van der Waals surface area (Å²) < 4.78 is 1.01. The average molecular weight is 341 g/mol. The summed E-state index contributed by atoms with van der Waals surface area (Å²) in [5.74, 6) is 0.0933. The summed E-state index contributed by atoms with van der Waals surface area (Å²) >= 11 is 3.39. The van der Waals surface area contributed by atoms with Crippen molar-refractivity contribution in [3.63, 3.8) is 0 Å². The zero-order valence-corrected chi connectivity index (χ0v) is 13.5. The Bertz CT molecular complexity index is 461. The zero-order chi connectivity index (χ0) is 14.7. The van der Waals surface area contributed by atoms with Crippen LogP contribution < -0.4 is 0 Å². The number of nitrogens with zero attached hydrogens (tertiary/aromatic N) is 2. The summed E-state index contributed by atoms with van der Waals surface area (Å²) in [7, 11) is 3.98. The van der Waals surface area contributed by atoms with Gasteiger partial charge in [-0.15, -0.1) is 0 Å². The van der Waals surface area contributed by atoms with Gasteiger partial charge in [0, 0.05) is 23.6 Å². The second-order valence-corrected chi connectivity index (χ2v) is 6.57. The molecule has 1 heterocycles. The molecule has 0 bridgehead atoms. The quantitative estimate of drug-likeness (QED) is 0.903. The van der Waals surface area contributed by atoms with Gasteiger partial charge in [-0.05, 0) is 38.2 Å². The highest BCUT2D eigenvalue weighted by Gasteiger charge is 2.34. The van der Waals surface area contributed by atoms with Gasteiger partial charge in [0.15, 0.2) is 0 Å². The van der Waals surface area contributed by atoms with Crippen molar-refractivity contribution in [2.45, 2.75) is 25.0 Å². The molecule has 0 aliphatic carbocycles. The van der Waals surface area contributed by atoms with Crippen LogP contribution in [0.1, 0.15) is 12.0 Å². The molecular formula is C15H21BrN2O2. The molecule has 2 unspecified atom stereocenters. The van der Waals surface area contributed by atoms with Crippen molar-refractivity contribution in [2.24, 2.45) is 0 Å². The van der Waals surface area contributed by atoms with Crippen molar-refractivity contribution < 1.29 is 9.90 Å². The molecule has 2 atom stereocenters. The van der Waals surface area contributed by atoms with Crippen molar-refractivity contribution in [3.05, 3.63) is 34.3 Å². The second-order valence-electron chi connectivity index (χ2n) is 5.65. The molecule has 1 aromatic rings. The first-order valence-corrected chi connectivity index (χ1v) is 7.61. The molecule has 110 valence electrons. The summed E-state index contributed by atoms with van der Waals surface area (Å²) in [5.41, 5.74) is 1.00. The minimum absolute atomic E-state index is 0.0933. The fraction of sp³-hybridized carbons (Fsp3) is 0.533. The molecular weight excluding hydrogens is 320 g/mol. The van der Waals surface area contributed by atoms with E-state index in [0.717, 1.165) is 16.6 Å². The van der Waals surface area contributed by atoms with Gasteiger partial charge in [-0.1, -0.05) is 28.1 Å². The van der Waals surface area contributed by atoms with Crippen LogP contribution in [-0.4, -0.2) is 60.1 Å². The van der Waals surface area contributed by atoms with Crippen LogP contribution in [0, 0.1) is 0 Å². The number of aliphatic hydroxyl groups is 1. The highest BCUT2D eigenvalue weighted by molar-refractivity contribution is 9.10. The van der Waals surface area contributed by atoms with Gasteiger partial charge in [0.2, 0.25) is 5.91 Å². The lowest BCUT2D eigenvalue weighted by Crippen LogP contribution is -2.42. The normalized spacial score (nSPS) is 22.6. The van der Waals surface area contributed by atoms with Crippen LogP contribution in [0.25, 0.3) is 0 Å². The topological polar surface area (TPSA) is 43.8 Å². The van der Waals surface area contributed by atoms with E-state index in [1.165, 1.54) is 0 Å². The van der Waals surface area contributed by atoms with E-state index in [9.17, 15) is 9.90 Å². The lowest BCUT2D eigenvalue weighted by atomic mass is 10.1. The maximum Gasteiger partial charge on any atom is 0.227 e. The van der Waals surface area contributed by atoms with E-state index in [4.69, 9.17) is 0 Å². The Hall–Kier alpha value is -0.910. The third kappa shape index (κ3) is 4.04. The van der Waals surface area contributed by atoms with E-state index in [1.54, 1.807) is 0 Å². The number of likely N-dealkylation sites (N-methyl/N-ethyl adjacent to an activating group) is 1. The van der Waals surface area contributed by atoms with Gasteiger partial charge in [0.1, 0.15) is 0 Å². The molecule has 1 N–H and O–H groups in total. The highest BCUT2D eigenvalue weighted by Crippen LogP contribution is 2.20. The average Bonchev–Trinajstić information content (AvgIpc) is 2.72. The molecule has 4 nitrogen and oxygen atoms in total. The van der Waals surface area contributed by atoms with Crippen molar-refractivity contribution >= 4 is 21.8 Å². The van der Waals surface area contributed by atoms with Crippen molar-refractivity contribution in [1.82, 2.24) is 9.80 Å². The SMILES string of the molecule is CN(C)CC1CC(O)CN1C(=O)Cc1ccc(Br)cc1. The Morgan fingerprint density at radius 2 is 2.05 bits per heavy atom. The van der Waals surface area contributed by atoms with Crippen LogP contribution in [0.15, 0.2) is 28.7 Å². The highest BCUT2D eigenvalue weighted by atomic mass is 79.9. The first kappa shape index (κ1) is 15.5. The van der Waals surface area contributed by atoms with E-state index >= 15 is 0 Å². The number of hydrogen-bond donors (Lipinski definition) is 1. The second kappa shape index (κ2) is 6.70. The van der Waals surface area contributed by atoms with E-state index < -0.39 is 6.10 Å². The minimum atomic E-state index is -0.395. The Balaban J connectivity index is 2.01. The Labute approximate surface area is 128 Å². The summed E-state index contributed by atoms with van der Waals surface area (Å²) in [6, 6.07) is 7.91. The number of likely N-dealkylation sites (tertiary alicyclic amines) is 1. The van der Waals surface area contributed by atoms with Crippen LogP contribution in [0.5, 0.6) is 0 Å². The monoisotopic (exact) mass is 340 g/mol. The fourth-order valence-corrected chi connectivity index (χ4v) is 2.93. The molecule has 1 saturated heterocycles. The fourth-order valence-electron chi connectivity index (χ4n) is 2.67. The third-order valence-electron chi connectivity index (χ3n) is 3.56. The minimum Gasteiger partial charge on any atom is -0.391 e. The van der Waals surface area contributed by atoms with Crippen LogP contribution in [0.3, 0.4) is 0 Å². The molecule has 1 aromatic carbocycles. The maximum atomic E-state index is 12.4. The number of hydrogen-bond acceptors (Lipinski definition) is 3. The lowest BCUT2D eigenvalue weighted by molar-refractivity contribution is -0.131. The number of rotatable bonds is 4. The molecule has 2 rings (SSSR count). The number of aliphatic hydroxyl groups excluding tert-OH is 1. The van der Waals surface area contributed by atoms with Crippen molar-refractivity contribution in [3.8, 4) is 0 Å².